The first-order valence-corrected chi connectivity index (χ1v) is 14.0. The van der Waals surface area contributed by atoms with Crippen LogP contribution in [0.1, 0.15) is 50.0 Å². The average Bonchev–Trinajstić information content (AvgIpc) is 3.04. The highest BCUT2D eigenvalue weighted by Crippen LogP contribution is 2.29. The lowest BCUT2D eigenvalue weighted by molar-refractivity contribution is 0.0989. The van der Waals surface area contributed by atoms with Crippen molar-refractivity contribution >= 4 is 29.5 Å². The van der Waals surface area contributed by atoms with Crippen LogP contribution in [0.15, 0.2) is 60.8 Å². The highest BCUT2D eigenvalue weighted by Gasteiger charge is 2.28. The SMILES string of the molecule is CCNc1ncc2c(n1)N(C)CCN(c1cccc(OC(CCOC(=O)NC(C)(C)C)Cc3ccccc3)c1)C2=O. The van der Waals surface area contributed by atoms with Crippen LogP contribution in [0.5, 0.6) is 5.75 Å². The summed E-state index contributed by atoms with van der Waals surface area (Å²) < 4.78 is 11.9. The normalized spacial score (nSPS) is 14.1. The number of carbonyl (C=O) groups is 2. The lowest BCUT2D eigenvalue weighted by Crippen LogP contribution is -2.41. The predicted molar refractivity (Wildman–Crippen MR) is 161 cm³/mol. The van der Waals surface area contributed by atoms with Gasteiger partial charge in [-0.2, -0.15) is 4.98 Å². The molecule has 0 aliphatic carbocycles. The van der Waals surface area contributed by atoms with E-state index in [0.29, 0.717) is 55.6 Å². The molecule has 0 saturated heterocycles. The summed E-state index contributed by atoms with van der Waals surface area (Å²) in [5.41, 5.74) is 1.92. The van der Waals surface area contributed by atoms with Crippen LogP contribution in [0.2, 0.25) is 0 Å². The zero-order chi connectivity index (χ0) is 29.4. The van der Waals surface area contributed by atoms with Crippen molar-refractivity contribution in [1.82, 2.24) is 15.3 Å². The fourth-order valence-electron chi connectivity index (χ4n) is 4.53. The van der Waals surface area contributed by atoms with Crippen molar-refractivity contribution in [1.29, 1.82) is 0 Å². The lowest BCUT2D eigenvalue weighted by atomic mass is 10.1. The van der Waals surface area contributed by atoms with E-state index in [9.17, 15) is 9.59 Å². The van der Waals surface area contributed by atoms with E-state index >= 15 is 0 Å². The molecule has 0 fully saturated rings. The number of alkyl carbamates (subject to hydrolysis) is 1. The summed E-state index contributed by atoms with van der Waals surface area (Å²) in [4.78, 5) is 38.4. The van der Waals surface area contributed by atoms with Crippen LogP contribution in [-0.4, -0.2) is 66.9 Å². The van der Waals surface area contributed by atoms with Crippen LogP contribution in [0.3, 0.4) is 0 Å². The van der Waals surface area contributed by atoms with Crippen molar-refractivity contribution in [2.45, 2.75) is 52.2 Å². The third-order valence-electron chi connectivity index (χ3n) is 6.49. The third kappa shape index (κ3) is 8.33. The van der Waals surface area contributed by atoms with Gasteiger partial charge in [-0.25, -0.2) is 9.78 Å². The van der Waals surface area contributed by atoms with Crippen LogP contribution in [0, 0.1) is 0 Å². The number of aromatic nitrogens is 2. The fourth-order valence-corrected chi connectivity index (χ4v) is 4.53. The van der Waals surface area contributed by atoms with Gasteiger partial charge in [0, 0.05) is 63.0 Å². The summed E-state index contributed by atoms with van der Waals surface area (Å²) in [5.74, 6) is 1.57. The second-order valence-corrected chi connectivity index (χ2v) is 11.1. The molecule has 0 saturated carbocycles. The number of hydrogen-bond acceptors (Lipinski definition) is 8. The standard InChI is InChI=1S/C31H40N6O4/c1-6-32-29-33-21-26-27(34-29)36(5)16-17-37(28(26)38)23-13-10-14-24(20-23)41-25(19-22-11-8-7-9-12-22)15-18-40-30(39)35-31(2,3)4/h7-14,20-21,25H,6,15-19H2,1-5H3,(H,35,39)(H,32,33,34). The van der Waals surface area contributed by atoms with E-state index in [2.05, 4.69) is 20.6 Å². The van der Waals surface area contributed by atoms with Crippen molar-refractivity contribution < 1.29 is 19.1 Å². The van der Waals surface area contributed by atoms with Crippen LogP contribution >= 0.6 is 0 Å². The minimum absolute atomic E-state index is 0.163. The van der Waals surface area contributed by atoms with Gasteiger partial charge in [-0.1, -0.05) is 36.4 Å². The number of nitrogens with one attached hydrogen (secondary N) is 2. The Kier molecular flexibility index (Phi) is 9.65. The molecule has 1 aliphatic rings. The summed E-state index contributed by atoms with van der Waals surface area (Å²) >= 11 is 0. The number of benzene rings is 2. The van der Waals surface area contributed by atoms with Crippen LogP contribution in [-0.2, 0) is 11.2 Å². The Morgan fingerprint density at radius 3 is 2.61 bits per heavy atom. The summed E-state index contributed by atoms with van der Waals surface area (Å²) in [6.07, 6.45) is 2.03. The van der Waals surface area contributed by atoms with Gasteiger partial charge in [-0.15, -0.1) is 0 Å². The van der Waals surface area contributed by atoms with E-state index in [4.69, 9.17) is 9.47 Å². The number of anilines is 3. The van der Waals surface area contributed by atoms with E-state index in [0.717, 1.165) is 11.3 Å². The van der Waals surface area contributed by atoms with Gasteiger partial charge in [0.05, 0.1) is 6.61 Å². The molecule has 1 aromatic heterocycles. The molecule has 2 N–H and O–H groups in total. The predicted octanol–water partition coefficient (Wildman–Crippen LogP) is 4.91. The van der Waals surface area contributed by atoms with Crippen LogP contribution in [0.4, 0.5) is 22.2 Å². The molecule has 10 nitrogen and oxygen atoms in total. The smallest absolute Gasteiger partial charge is 0.407 e. The van der Waals surface area contributed by atoms with Gasteiger partial charge in [0.2, 0.25) is 5.95 Å². The Balaban J connectivity index is 1.50. The third-order valence-corrected chi connectivity index (χ3v) is 6.49. The number of likely N-dealkylation sites (N-methyl/N-ethyl adjacent to an activating group) is 1. The van der Waals surface area contributed by atoms with Crippen molar-refractivity contribution in [3.05, 3.63) is 71.9 Å². The summed E-state index contributed by atoms with van der Waals surface area (Å²) in [5, 5.41) is 5.92. The molecular weight excluding hydrogens is 520 g/mol. The molecule has 10 heteroatoms. The van der Waals surface area contributed by atoms with Gasteiger partial charge in [0.25, 0.3) is 5.91 Å². The quantitative estimate of drug-likeness (QED) is 0.360. The molecule has 3 aromatic rings. The summed E-state index contributed by atoms with van der Waals surface area (Å²) in [7, 11) is 1.93. The number of ether oxygens (including phenoxy) is 2. The minimum Gasteiger partial charge on any atom is -0.490 e. The Hall–Kier alpha value is -4.34. The van der Waals surface area contributed by atoms with Crippen molar-refractivity contribution in [3.63, 3.8) is 0 Å². The largest absolute Gasteiger partial charge is 0.490 e. The number of rotatable bonds is 10. The molecule has 0 bridgehead atoms. The Morgan fingerprint density at radius 2 is 1.88 bits per heavy atom. The maximum Gasteiger partial charge on any atom is 0.407 e. The molecule has 41 heavy (non-hydrogen) atoms. The molecule has 1 aliphatic heterocycles. The van der Waals surface area contributed by atoms with Crippen LogP contribution in [0.25, 0.3) is 0 Å². The molecule has 1 atom stereocenters. The molecule has 2 amide bonds. The number of nitrogens with zero attached hydrogens (tertiary/aromatic N) is 4. The van der Waals surface area contributed by atoms with E-state index in [1.807, 2.05) is 94.2 Å². The number of amides is 2. The maximum atomic E-state index is 13.6. The Morgan fingerprint density at radius 1 is 1.10 bits per heavy atom. The Bertz CT molecular complexity index is 1330. The first-order valence-electron chi connectivity index (χ1n) is 14.0. The van der Waals surface area contributed by atoms with Gasteiger partial charge in [-0.3, -0.25) is 4.79 Å². The minimum atomic E-state index is -0.454. The zero-order valence-corrected chi connectivity index (χ0v) is 24.5. The molecule has 218 valence electrons. The van der Waals surface area contributed by atoms with Gasteiger partial charge >= 0.3 is 6.09 Å². The fraction of sp³-hybridized carbons (Fsp3) is 0.419. The molecule has 2 heterocycles. The summed E-state index contributed by atoms with van der Waals surface area (Å²) in [6, 6.07) is 17.6. The van der Waals surface area contributed by atoms with Crippen molar-refractivity contribution in [3.8, 4) is 5.75 Å². The summed E-state index contributed by atoms with van der Waals surface area (Å²) in [6.45, 7) is 9.68. The van der Waals surface area contributed by atoms with Gasteiger partial charge < -0.3 is 29.9 Å². The number of carbonyl (C=O) groups excluding carboxylic acids is 2. The van der Waals surface area contributed by atoms with Crippen molar-refractivity contribution in [2.24, 2.45) is 0 Å². The van der Waals surface area contributed by atoms with Crippen molar-refractivity contribution in [2.75, 3.05) is 48.4 Å². The van der Waals surface area contributed by atoms with Gasteiger partial charge in [0.15, 0.2) is 0 Å². The van der Waals surface area contributed by atoms with Gasteiger partial charge in [0.1, 0.15) is 23.2 Å². The number of fused-ring (bicyclic) bond motifs is 1. The molecule has 4 rings (SSSR count). The monoisotopic (exact) mass is 560 g/mol. The average molecular weight is 561 g/mol. The molecule has 0 radical (unpaired) electrons. The second-order valence-electron chi connectivity index (χ2n) is 11.1. The molecule has 1 unspecified atom stereocenters. The highest BCUT2D eigenvalue weighted by atomic mass is 16.6. The number of hydrogen-bond donors (Lipinski definition) is 2. The van der Waals surface area contributed by atoms with E-state index in [1.54, 1.807) is 11.1 Å². The zero-order valence-electron chi connectivity index (χ0n) is 24.5. The first kappa shape index (κ1) is 29.6. The second kappa shape index (κ2) is 13.3. The molecule has 0 spiro atoms. The van der Waals surface area contributed by atoms with E-state index < -0.39 is 6.09 Å². The maximum absolute atomic E-state index is 13.6. The first-order chi connectivity index (χ1) is 19.6. The van der Waals surface area contributed by atoms with E-state index in [-0.39, 0.29) is 24.2 Å². The Labute approximate surface area is 242 Å². The molecular formula is C31H40N6O4. The highest BCUT2D eigenvalue weighted by molar-refractivity contribution is 6.09. The topological polar surface area (TPSA) is 109 Å². The van der Waals surface area contributed by atoms with Gasteiger partial charge in [-0.05, 0) is 45.4 Å². The lowest BCUT2D eigenvalue weighted by Gasteiger charge is -2.24. The van der Waals surface area contributed by atoms with Crippen LogP contribution < -0.4 is 25.2 Å². The van der Waals surface area contributed by atoms with E-state index in [1.165, 1.54) is 0 Å². The molecule has 2 aromatic carbocycles.